The van der Waals surface area contributed by atoms with E-state index in [2.05, 4.69) is 3.78 Å². The zero-order chi connectivity index (χ0) is 4.41. The topological polar surface area (TPSA) is 17.1 Å². The van der Waals surface area contributed by atoms with Gasteiger partial charge in [-0.25, -0.2) is 0 Å². The fourth-order valence-corrected chi connectivity index (χ4v) is 1.72. The molecule has 0 atom stereocenters. The minimum atomic E-state index is -0.410. The smallest absolute Gasteiger partial charge is 0 e. The number of allylic oxidation sites excluding steroid dienone is 1. The van der Waals surface area contributed by atoms with Crippen LogP contribution < -0.4 is 0 Å². The average molecular weight is 472 g/mol. The summed E-state index contributed by atoms with van der Waals surface area (Å²) in [6, 6.07) is 0. The van der Waals surface area contributed by atoms with Gasteiger partial charge in [0.1, 0.15) is 0 Å². The van der Waals surface area contributed by atoms with Gasteiger partial charge in [0.05, 0.1) is 0 Å². The second-order valence-electron chi connectivity index (χ2n) is 0.988. The van der Waals surface area contributed by atoms with E-state index in [9.17, 15) is 4.79 Å². The molecule has 1 aliphatic rings. The Morgan fingerprint density at radius 1 is 1.62 bits per heavy atom. The molecule has 0 saturated carbocycles. The minimum Gasteiger partial charge on any atom is 0 e. The summed E-state index contributed by atoms with van der Waals surface area (Å²) in [6.07, 6.45) is 2.88. The van der Waals surface area contributed by atoms with Crippen LogP contribution in [0.2, 0.25) is 0 Å². The van der Waals surface area contributed by atoms with Gasteiger partial charge in [-0.3, -0.25) is 0 Å². The third-order valence-electron chi connectivity index (χ3n) is 0.590. The van der Waals surface area contributed by atoms with Crippen LogP contribution in [0.5, 0.6) is 0 Å². The van der Waals surface area contributed by atoms with Crippen molar-refractivity contribution in [2.45, 2.75) is 0 Å². The summed E-state index contributed by atoms with van der Waals surface area (Å²) < 4.78 is 3.24. The molecular formula is C4H3BiCeFeO. The summed E-state index contributed by atoms with van der Waals surface area (Å²) in [6.45, 7) is 0. The summed E-state index contributed by atoms with van der Waals surface area (Å²) >= 11 is -0.410. The molecule has 0 aromatic rings. The van der Waals surface area contributed by atoms with E-state index in [4.69, 9.17) is 0 Å². The molecule has 1 rings (SSSR count). The maximum Gasteiger partial charge on any atom is 0 e. The van der Waals surface area contributed by atoms with Crippen LogP contribution in [0, 0.1) is 41.7 Å². The Balaban J connectivity index is 0. The fraction of sp³-hybridized carbons (Fsp3) is 0. The molecule has 0 unspecified atom stereocenters. The molecule has 0 aromatic heterocycles. The maximum atomic E-state index is 9.74. The maximum absolute atomic E-state index is 9.74. The zero-order valence-corrected chi connectivity index (χ0v) is 11.7. The van der Waals surface area contributed by atoms with Gasteiger partial charge in [-0.2, -0.15) is 0 Å². The molecule has 1 nitrogen and oxygen atoms in total. The molecule has 0 spiro atoms. The predicted molar refractivity (Wildman–Crippen MR) is 26.0 cm³/mol. The predicted octanol–water partition coefficient (Wildman–Crippen LogP) is -0.413. The van der Waals surface area contributed by atoms with Crippen molar-refractivity contribution in [3.63, 3.8) is 0 Å². The number of carbonyl (C=O) groups excluding carboxylic acids is 1. The van der Waals surface area contributed by atoms with Gasteiger partial charge in [0.25, 0.3) is 0 Å². The summed E-state index contributed by atoms with van der Waals surface area (Å²) in [5, 5.41) is 0. The van der Waals surface area contributed by atoms with E-state index in [1.165, 1.54) is 0 Å². The number of hydrogen-bond acceptors (Lipinski definition) is 1. The first-order chi connectivity index (χ1) is 2.93. The molecule has 1 heterocycles. The summed E-state index contributed by atoms with van der Waals surface area (Å²) in [5.74, 6) is 0. The van der Waals surface area contributed by atoms with Gasteiger partial charge in [0, 0.05) is 58.8 Å². The molecule has 0 N–H and O–H groups in total. The largest absolute Gasteiger partial charge is 0 e. The van der Waals surface area contributed by atoms with Crippen molar-refractivity contribution in [1.82, 2.24) is 0 Å². The van der Waals surface area contributed by atoms with Crippen LogP contribution in [0.4, 0.5) is 0 Å². The minimum absolute atomic E-state index is 0. The van der Waals surface area contributed by atoms with Crippen molar-refractivity contribution < 1.29 is 63.6 Å². The van der Waals surface area contributed by atoms with Crippen molar-refractivity contribution in [2.24, 2.45) is 0 Å². The molecule has 0 aromatic carbocycles. The third kappa shape index (κ3) is 3.97. The van der Waals surface area contributed by atoms with Crippen molar-refractivity contribution in [2.75, 3.05) is 0 Å². The van der Waals surface area contributed by atoms with E-state index in [1.807, 2.05) is 6.08 Å². The second-order valence-corrected chi connectivity index (χ2v) is 5.16. The van der Waals surface area contributed by atoms with Crippen LogP contribution in [0.15, 0.2) is 9.86 Å². The second kappa shape index (κ2) is 7.17. The normalized spacial score (nSPS) is 11.8. The van der Waals surface area contributed by atoms with Gasteiger partial charge < -0.3 is 0 Å². The Hall–Kier alpha value is 2.06. The molecular weight excluding hydrogens is 469 g/mol. The molecule has 0 fully saturated rings. The van der Waals surface area contributed by atoms with Crippen LogP contribution >= 0.6 is 0 Å². The van der Waals surface area contributed by atoms with E-state index in [0.29, 0.717) is 0 Å². The Labute approximate surface area is 104 Å². The van der Waals surface area contributed by atoms with Crippen molar-refractivity contribution in [3.05, 3.63) is 9.86 Å². The molecule has 8 heavy (non-hydrogen) atoms. The Bertz CT molecular complexity index is 128. The van der Waals surface area contributed by atoms with E-state index < -0.39 is 22.8 Å². The molecule has 1 aliphatic heterocycles. The van der Waals surface area contributed by atoms with Crippen molar-refractivity contribution in [1.29, 1.82) is 0 Å². The number of hydrogen-bond donors (Lipinski definition) is 0. The average Bonchev–Trinajstić information content (AvgIpc) is 1.31. The first-order valence-corrected chi connectivity index (χ1v) is 5.37. The Kier molecular flexibility index (Phi) is 11.4. The third-order valence-corrected chi connectivity index (χ3v) is 3.90. The summed E-state index contributed by atoms with van der Waals surface area (Å²) in [4.78, 5) is 9.74. The molecule has 0 bridgehead atoms. The molecule has 0 amide bonds. The Morgan fingerprint density at radius 3 is 2.12 bits per heavy atom. The number of aldehydes is 1. The van der Waals surface area contributed by atoms with E-state index in [-0.39, 0.29) is 58.8 Å². The monoisotopic (exact) mass is 472 g/mol. The van der Waals surface area contributed by atoms with Gasteiger partial charge in [0.2, 0.25) is 0 Å². The quantitative estimate of drug-likeness (QED) is 0.375. The van der Waals surface area contributed by atoms with Gasteiger partial charge in [0.15, 0.2) is 0 Å². The SMILES string of the molecule is O=C[C]1=[Bi][CH]=C1.[Ce].[Fe]. The standard InChI is InChI=1S/C4H3O.Bi.Ce.Fe/c1-2-3-4-5;;;/h1-2,4H;;;. The van der Waals surface area contributed by atoms with Crippen molar-refractivity contribution >= 4 is 32.2 Å². The van der Waals surface area contributed by atoms with Gasteiger partial charge in [-0.05, 0) is 0 Å². The first kappa shape index (κ1) is 12.7. The first-order valence-electron chi connectivity index (χ1n) is 1.63. The fourth-order valence-electron chi connectivity index (χ4n) is 0.230. The van der Waals surface area contributed by atoms with Crippen molar-refractivity contribution in [3.8, 4) is 0 Å². The molecule has 0 radical (unpaired) electrons. The molecule has 0 aliphatic carbocycles. The van der Waals surface area contributed by atoms with Crippen LogP contribution in [0.25, 0.3) is 0 Å². The molecule has 4 heteroatoms. The Morgan fingerprint density at radius 2 is 2.12 bits per heavy atom. The van der Waals surface area contributed by atoms with Gasteiger partial charge >= 0.3 is 46.9 Å². The summed E-state index contributed by atoms with van der Waals surface area (Å²) in [5.41, 5.74) is 0. The molecule has 0 saturated heterocycles. The van der Waals surface area contributed by atoms with E-state index >= 15 is 0 Å². The van der Waals surface area contributed by atoms with Gasteiger partial charge in [-0.1, -0.05) is 0 Å². The van der Waals surface area contributed by atoms with Crippen LogP contribution in [0.3, 0.4) is 0 Å². The van der Waals surface area contributed by atoms with E-state index in [1.54, 1.807) is 0 Å². The summed E-state index contributed by atoms with van der Waals surface area (Å²) in [7, 11) is 0. The zero-order valence-electron chi connectivity index (χ0n) is 3.94. The van der Waals surface area contributed by atoms with Crippen LogP contribution in [0.1, 0.15) is 0 Å². The molecule has 42 valence electrons. The number of rotatable bonds is 1. The number of carbonyl (C=O) groups is 1. The van der Waals surface area contributed by atoms with Gasteiger partial charge in [-0.15, -0.1) is 0 Å². The van der Waals surface area contributed by atoms with E-state index in [0.717, 1.165) is 9.49 Å². The van der Waals surface area contributed by atoms with Crippen LogP contribution in [-0.4, -0.2) is 32.2 Å². The van der Waals surface area contributed by atoms with Crippen LogP contribution in [-0.2, 0) is 21.9 Å².